The zero-order chi connectivity index (χ0) is 19.0. The van der Waals surface area contributed by atoms with Crippen molar-refractivity contribution in [1.82, 2.24) is 15.1 Å². The van der Waals surface area contributed by atoms with Crippen molar-refractivity contribution < 1.29 is 9.59 Å². The Kier molecular flexibility index (Phi) is 4.37. The molecule has 1 aromatic heterocycles. The average molecular weight is 383 g/mol. The summed E-state index contributed by atoms with van der Waals surface area (Å²) in [6.07, 6.45) is 1.34. The molecule has 7 nitrogen and oxygen atoms in total. The van der Waals surface area contributed by atoms with E-state index < -0.39 is 5.56 Å². The van der Waals surface area contributed by atoms with Gasteiger partial charge in [-0.25, -0.2) is 5.10 Å². The second-order valence-electron chi connectivity index (χ2n) is 6.27. The summed E-state index contributed by atoms with van der Waals surface area (Å²) in [5, 5.41) is 7.87. The van der Waals surface area contributed by atoms with Crippen LogP contribution in [-0.2, 0) is 16.1 Å². The highest BCUT2D eigenvalue weighted by Gasteiger charge is 2.32. The molecule has 1 N–H and O–H groups in total. The maximum absolute atomic E-state index is 12.6. The molecule has 4 rings (SSSR count). The largest absolute Gasteiger partial charge is 0.350 e. The quantitative estimate of drug-likeness (QED) is 0.700. The van der Waals surface area contributed by atoms with E-state index >= 15 is 0 Å². The Morgan fingerprint density at radius 1 is 1.00 bits per heavy atom. The monoisotopic (exact) mass is 382 g/mol. The summed E-state index contributed by atoms with van der Waals surface area (Å²) in [6.45, 7) is 0.0942. The van der Waals surface area contributed by atoms with E-state index in [0.29, 0.717) is 0 Å². The zero-order valence-corrected chi connectivity index (χ0v) is 14.9. The fraction of sp³-hybridized carbons (Fsp3) is 0.158. The van der Waals surface area contributed by atoms with Crippen LogP contribution < -0.4 is 10.5 Å². The molecular weight excluding hydrogens is 368 g/mol. The van der Waals surface area contributed by atoms with Gasteiger partial charge >= 0.3 is 0 Å². The molecule has 0 radical (unpaired) electrons. The lowest BCUT2D eigenvalue weighted by Crippen LogP contribution is -2.53. The van der Waals surface area contributed by atoms with Crippen LogP contribution >= 0.6 is 11.6 Å². The molecule has 8 heteroatoms. The Morgan fingerprint density at radius 2 is 1.70 bits per heavy atom. The molecular formula is C19H15ClN4O3. The van der Waals surface area contributed by atoms with Crippen LogP contribution in [0.25, 0.3) is 10.8 Å². The summed E-state index contributed by atoms with van der Waals surface area (Å²) in [7, 11) is 0. The smallest absolute Gasteiger partial charge is 0.285 e. The summed E-state index contributed by atoms with van der Waals surface area (Å²) >= 11 is 5.99. The van der Waals surface area contributed by atoms with Crippen molar-refractivity contribution in [2.24, 2.45) is 0 Å². The molecule has 136 valence electrons. The number of carbonyl (C=O) groups is 2. The maximum Gasteiger partial charge on any atom is 0.285 e. The van der Waals surface area contributed by atoms with Gasteiger partial charge in [-0.3, -0.25) is 19.3 Å². The Labute approximate surface area is 159 Å². The van der Waals surface area contributed by atoms with Crippen LogP contribution in [-0.4, -0.2) is 40.0 Å². The minimum Gasteiger partial charge on any atom is -0.350 e. The normalized spacial score (nSPS) is 14.9. The van der Waals surface area contributed by atoms with Crippen molar-refractivity contribution in [2.75, 3.05) is 18.0 Å². The van der Waals surface area contributed by atoms with Crippen LogP contribution in [0.4, 0.5) is 5.69 Å². The highest BCUT2D eigenvalue weighted by atomic mass is 35.5. The number of rotatable bonds is 3. The molecule has 0 bridgehead atoms. The number of fused-ring (bicyclic) bond motifs is 1. The van der Waals surface area contributed by atoms with Crippen molar-refractivity contribution in [3.8, 4) is 0 Å². The second kappa shape index (κ2) is 6.85. The Hall–Kier alpha value is -3.19. The van der Waals surface area contributed by atoms with Gasteiger partial charge in [0, 0.05) is 0 Å². The van der Waals surface area contributed by atoms with E-state index in [4.69, 9.17) is 11.6 Å². The Morgan fingerprint density at radius 3 is 2.48 bits per heavy atom. The molecule has 2 amide bonds. The molecule has 2 heterocycles. The first-order chi connectivity index (χ1) is 13.0. The summed E-state index contributed by atoms with van der Waals surface area (Å²) in [6, 6.07) is 13.6. The zero-order valence-electron chi connectivity index (χ0n) is 14.2. The lowest BCUT2D eigenvalue weighted by Gasteiger charge is -2.34. The van der Waals surface area contributed by atoms with Gasteiger partial charge in [-0.05, 0) is 16.3 Å². The van der Waals surface area contributed by atoms with Gasteiger partial charge in [0.1, 0.15) is 5.02 Å². The SMILES string of the molecule is O=C1CN(c2cn[nH]c(=O)c2Cl)CC(=O)N1Cc1cccc2ccccc12. The first kappa shape index (κ1) is 17.2. The number of amides is 2. The predicted molar refractivity (Wildman–Crippen MR) is 102 cm³/mol. The van der Waals surface area contributed by atoms with Gasteiger partial charge in [0.15, 0.2) is 0 Å². The van der Waals surface area contributed by atoms with E-state index in [-0.39, 0.29) is 42.2 Å². The minimum absolute atomic E-state index is 0.0542. The molecule has 2 aromatic carbocycles. The van der Waals surface area contributed by atoms with Gasteiger partial charge in [-0.15, -0.1) is 0 Å². The first-order valence-electron chi connectivity index (χ1n) is 8.32. The molecule has 27 heavy (non-hydrogen) atoms. The van der Waals surface area contributed by atoms with Crippen molar-refractivity contribution in [2.45, 2.75) is 6.54 Å². The number of piperazine rings is 1. The summed E-state index contributed by atoms with van der Waals surface area (Å²) in [5.74, 6) is -0.703. The van der Waals surface area contributed by atoms with Gasteiger partial charge < -0.3 is 4.90 Å². The topological polar surface area (TPSA) is 86.4 Å². The number of hydrogen-bond donors (Lipinski definition) is 1. The third-order valence-corrected chi connectivity index (χ3v) is 4.95. The summed E-state index contributed by atoms with van der Waals surface area (Å²) in [4.78, 5) is 39.6. The van der Waals surface area contributed by atoms with Crippen molar-refractivity contribution >= 4 is 39.9 Å². The van der Waals surface area contributed by atoms with Gasteiger partial charge in [0.05, 0.1) is 31.5 Å². The highest BCUT2D eigenvalue weighted by molar-refractivity contribution is 6.33. The molecule has 1 aliphatic heterocycles. The number of aromatic amines is 1. The van der Waals surface area contributed by atoms with E-state index in [2.05, 4.69) is 10.2 Å². The number of imide groups is 1. The summed E-state index contributed by atoms with van der Waals surface area (Å²) in [5.41, 5.74) is 0.610. The number of carbonyl (C=O) groups excluding carboxylic acids is 2. The number of hydrogen-bond acceptors (Lipinski definition) is 5. The predicted octanol–water partition coefficient (Wildman–Crippen LogP) is 1.95. The fourth-order valence-corrected chi connectivity index (χ4v) is 3.44. The van der Waals surface area contributed by atoms with E-state index in [1.54, 1.807) is 0 Å². The number of aromatic nitrogens is 2. The minimum atomic E-state index is -0.563. The second-order valence-corrected chi connectivity index (χ2v) is 6.64. The van der Waals surface area contributed by atoms with Crippen molar-refractivity contribution in [3.05, 3.63) is 69.6 Å². The van der Waals surface area contributed by atoms with E-state index in [1.165, 1.54) is 16.0 Å². The molecule has 0 saturated carbocycles. The number of benzene rings is 2. The standard InChI is InChI=1S/C19H15ClN4O3/c20-18-15(8-21-22-19(18)27)23-10-16(25)24(17(26)11-23)9-13-6-3-5-12-4-1-2-7-14(12)13/h1-8H,9-11H2,(H,22,27). The van der Waals surface area contributed by atoms with E-state index in [9.17, 15) is 14.4 Å². The summed E-state index contributed by atoms with van der Waals surface area (Å²) < 4.78 is 0. The third kappa shape index (κ3) is 3.17. The number of halogens is 1. The number of H-pyrrole nitrogens is 1. The highest BCUT2D eigenvalue weighted by Crippen LogP contribution is 2.25. The molecule has 1 fully saturated rings. The van der Waals surface area contributed by atoms with E-state index in [0.717, 1.165) is 16.3 Å². The molecule has 0 aliphatic carbocycles. The third-order valence-electron chi connectivity index (χ3n) is 4.58. The van der Waals surface area contributed by atoms with E-state index in [1.807, 2.05) is 42.5 Å². The average Bonchev–Trinajstić information content (AvgIpc) is 2.67. The maximum atomic E-state index is 12.6. The van der Waals surface area contributed by atoms with Gasteiger partial charge in [-0.1, -0.05) is 54.1 Å². The van der Waals surface area contributed by atoms with Crippen LogP contribution in [0, 0.1) is 0 Å². The number of nitrogens with zero attached hydrogens (tertiary/aromatic N) is 3. The molecule has 3 aromatic rings. The van der Waals surface area contributed by atoms with Crippen LogP contribution in [0.2, 0.25) is 5.02 Å². The van der Waals surface area contributed by atoms with Crippen LogP contribution in [0.3, 0.4) is 0 Å². The lowest BCUT2D eigenvalue weighted by atomic mass is 10.0. The lowest BCUT2D eigenvalue weighted by molar-refractivity contribution is -0.146. The molecule has 0 unspecified atom stereocenters. The van der Waals surface area contributed by atoms with Crippen molar-refractivity contribution in [1.29, 1.82) is 0 Å². The molecule has 1 saturated heterocycles. The van der Waals surface area contributed by atoms with Crippen LogP contribution in [0.15, 0.2) is 53.5 Å². The Balaban J connectivity index is 1.60. The molecule has 1 aliphatic rings. The van der Waals surface area contributed by atoms with Gasteiger partial charge in [0.25, 0.3) is 5.56 Å². The molecule has 0 spiro atoms. The number of anilines is 1. The number of nitrogens with one attached hydrogen (secondary N) is 1. The first-order valence-corrected chi connectivity index (χ1v) is 8.70. The van der Waals surface area contributed by atoms with Gasteiger partial charge in [-0.2, -0.15) is 5.10 Å². The van der Waals surface area contributed by atoms with Gasteiger partial charge in [0.2, 0.25) is 11.8 Å². The van der Waals surface area contributed by atoms with Crippen LogP contribution in [0.5, 0.6) is 0 Å². The fourth-order valence-electron chi connectivity index (χ4n) is 3.23. The van der Waals surface area contributed by atoms with Crippen LogP contribution in [0.1, 0.15) is 5.56 Å². The Bertz CT molecular complexity index is 1090. The van der Waals surface area contributed by atoms with Crippen molar-refractivity contribution in [3.63, 3.8) is 0 Å². The molecule has 0 atom stereocenters.